The molecule has 14 heavy (non-hydrogen) atoms. The lowest BCUT2D eigenvalue weighted by Gasteiger charge is -2.01. The predicted octanol–water partition coefficient (Wildman–Crippen LogP) is 2.42. The molecule has 1 aromatic carbocycles. The van der Waals surface area contributed by atoms with Crippen LogP contribution in [0.2, 0.25) is 0 Å². The maximum atomic E-state index is 11.4. The lowest BCUT2D eigenvalue weighted by atomic mass is 10.4. The predicted molar refractivity (Wildman–Crippen MR) is 56.9 cm³/mol. The molecule has 0 N–H and O–H groups in total. The van der Waals surface area contributed by atoms with Gasteiger partial charge in [0.2, 0.25) is 11.1 Å². The molecule has 1 atom stereocenters. The summed E-state index contributed by atoms with van der Waals surface area (Å²) in [7, 11) is 0. The van der Waals surface area contributed by atoms with E-state index in [1.165, 1.54) is 0 Å². The zero-order valence-corrected chi connectivity index (χ0v) is 9.93. The standard InChI is InChI=1S/C9H9BrO3S/c1-2-9(11)13-14(12)8-5-3-7(10)4-6-8/h3-6H,2H2,1H3. The van der Waals surface area contributed by atoms with Gasteiger partial charge in [-0.1, -0.05) is 22.9 Å². The molecule has 0 amide bonds. The fourth-order valence-electron chi connectivity index (χ4n) is 0.737. The molecule has 5 heteroatoms. The zero-order chi connectivity index (χ0) is 10.6. The van der Waals surface area contributed by atoms with Crippen LogP contribution in [0.15, 0.2) is 33.6 Å². The molecule has 0 heterocycles. The van der Waals surface area contributed by atoms with E-state index >= 15 is 0 Å². The maximum absolute atomic E-state index is 11.4. The highest BCUT2D eigenvalue weighted by Crippen LogP contribution is 2.14. The first-order chi connectivity index (χ1) is 6.63. The second-order valence-corrected chi connectivity index (χ2v) is 4.52. The van der Waals surface area contributed by atoms with Gasteiger partial charge in [0, 0.05) is 10.9 Å². The van der Waals surface area contributed by atoms with Crippen LogP contribution in [0.1, 0.15) is 13.3 Å². The van der Waals surface area contributed by atoms with E-state index in [-0.39, 0.29) is 6.42 Å². The highest BCUT2D eigenvalue weighted by Gasteiger charge is 2.08. The molecule has 0 bridgehead atoms. The SMILES string of the molecule is CCC(=O)OS(=O)c1ccc(Br)cc1. The van der Waals surface area contributed by atoms with Crippen LogP contribution in [0.25, 0.3) is 0 Å². The van der Waals surface area contributed by atoms with Crippen LogP contribution >= 0.6 is 15.9 Å². The van der Waals surface area contributed by atoms with Gasteiger partial charge in [-0.2, -0.15) is 0 Å². The van der Waals surface area contributed by atoms with Crippen LogP contribution in [-0.4, -0.2) is 10.2 Å². The molecule has 0 radical (unpaired) electrons. The van der Waals surface area contributed by atoms with Crippen LogP contribution in [0.4, 0.5) is 0 Å². The summed E-state index contributed by atoms with van der Waals surface area (Å²) in [5, 5.41) is 0. The van der Waals surface area contributed by atoms with E-state index in [1.54, 1.807) is 31.2 Å². The summed E-state index contributed by atoms with van der Waals surface area (Å²) in [4.78, 5) is 11.3. The van der Waals surface area contributed by atoms with Gasteiger partial charge in [-0.15, -0.1) is 0 Å². The zero-order valence-electron chi connectivity index (χ0n) is 7.53. The first-order valence-corrected chi connectivity index (χ1v) is 5.88. The lowest BCUT2D eigenvalue weighted by molar-refractivity contribution is -0.133. The Balaban J connectivity index is 2.70. The third-order valence-corrected chi connectivity index (χ3v) is 2.99. The van der Waals surface area contributed by atoms with Crippen molar-refractivity contribution in [2.75, 3.05) is 0 Å². The molecule has 1 unspecified atom stereocenters. The smallest absolute Gasteiger partial charge is 0.320 e. The Morgan fingerprint density at radius 2 is 2.00 bits per heavy atom. The normalized spacial score (nSPS) is 12.1. The first-order valence-electron chi connectivity index (χ1n) is 4.02. The summed E-state index contributed by atoms with van der Waals surface area (Å²) in [6, 6.07) is 6.77. The van der Waals surface area contributed by atoms with Crippen LogP contribution in [0.5, 0.6) is 0 Å². The highest BCUT2D eigenvalue weighted by atomic mass is 79.9. The quantitative estimate of drug-likeness (QED) is 0.852. The molecule has 0 aliphatic rings. The molecular formula is C9H9BrO3S. The second-order valence-electron chi connectivity index (χ2n) is 2.50. The van der Waals surface area contributed by atoms with Crippen molar-refractivity contribution in [2.45, 2.75) is 18.2 Å². The topological polar surface area (TPSA) is 43.4 Å². The van der Waals surface area contributed by atoms with Gasteiger partial charge in [-0.25, -0.2) is 4.21 Å². The number of hydrogen-bond acceptors (Lipinski definition) is 3. The number of benzene rings is 1. The number of hydrogen-bond donors (Lipinski definition) is 0. The monoisotopic (exact) mass is 276 g/mol. The van der Waals surface area contributed by atoms with Gasteiger partial charge < -0.3 is 4.18 Å². The first kappa shape index (κ1) is 11.4. The van der Waals surface area contributed by atoms with E-state index in [2.05, 4.69) is 20.1 Å². The Labute approximate surface area is 93.3 Å². The minimum absolute atomic E-state index is 0.224. The van der Waals surface area contributed by atoms with Gasteiger partial charge in [-0.05, 0) is 24.3 Å². The third-order valence-electron chi connectivity index (χ3n) is 1.46. The van der Waals surface area contributed by atoms with E-state index in [9.17, 15) is 9.00 Å². The Hall–Kier alpha value is -0.680. The molecule has 1 aromatic rings. The van der Waals surface area contributed by atoms with E-state index in [1.807, 2.05) is 0 Å². The third kappa shape index (κ3) is 3.23. The maximum Gasteiger partial charge on any atom is 0.320 e. The van der Waals surface area contributed by atoms with Gasteiger partial charge in [0.15, 0.2) is 0 Å². The summed E-state index contributed by atoms with van der Waals surface area (Å²) in [5.74, 6) is -0.466. The van der Waals surface area contributed by atoms with Crippen molar-refractivity contribution < 1.29 is 13.2 Å². The summed E-state index contributed by atoms with van der Waals surface area (Å²) < 4.78 is 16.9. The van der Waals surface area contributed by atoms with Crippen molar-refractivity contribution in [3.05, 3.63) is 28.7 Å². The molecule has 3 nitrogen and oxygen atoms in total. The second kappa shape index (κ2) is 5.26. The van der Waals surface area contributed by atoms with Crippen LogP contribution in [0.3, 0.4) is 0 Å². The number of rotatable bonds is 3. The van der Waals surface area contributed by atoms with Gasteiger partial charge >= 0.3 is 5.97 Å². The lowest BCUT2D eigenvalue weighted by Crippen LogP contribution is -2.05. The Bertz CT molecular complexity index is 348. The van der Waals surface area contributed by atoms with Crippen molar-refractivity contribution in [3.63, 3.8) is 0 Å². The molecule has 0 aromatic heterocycles. The number of carbonyl (C=O) groups is 1. The molecule has 0 fully saturated rings. The van der Waals surface area contributed by atoms with E-state index < -0.39 is 17.0 Å². The van der Waals surface area contributed by atoms with Crippen molar-refractivity contribution in [2.24, 2.45) is 0 Å². The Morgan fingerprint density at radius 3 is 2.50 bits per heavy atom. The molecule has 1 rings (SSSR count). The fraction of sp³-hybridized carbons (Fsp3) is 0.222. The summed E-state index contributed by atoms with van der Waals surface area (Å²) in [5.41, 5.74) is 0. The van der Waals surface area contributed by atoms with Gasteiger partial charge in [-0.3, -0.25) is 4.79 Å². The van der Waals surface area contributed by atoms with Gasteiger partial charge in [0.05, 0.1) is 4.90 Å². The molecular weight excluding hydrogens is 268 g/mol. The summed E-state index contributed by atoms with van der Waals surface area (Å²) in [6.07, 6.45) is 0.224. The molecule has 0 aliphatic carbocycles. The molecule has 0 saturated heterocycles. The van der Waals surface area contributed by atoms with Crippen molar-refractivity contribution >= 4 is 33.0 Å². The fourth-order valence-corrected chi connectivity index (χ4v) is 1.74. The van der Waals surface area contributed by atoms with Crippen molar-refractivity contribution in [1.82, 2.24) is 0 Å². The Kier molecular flexibility index (Phi) is 4.28. The summed E-state index contributed by atoms with van der Waals surface area (Å²) >= 11 is 1.56. The van der Waals surface area contributed by atoms with Crippen LogP contribution < -0.4 is 0 Å². The number of carbonyl (C=O) groups excluding carboxylic acids is 1. The van der Waals surface area contributed by atoms with Crippen molar-refractivity contribution in [3.8, 4) is 0 Å². The van der Waals surface area contributed by atoms with Crippen LogP contribution in [-0.2, 0) is 20.1 Å². The average molecular weight is 277 g/mol. The minimum atomic E-state index is -1.69. The van der Waals surface area contributed by atoms with E-state index in [0.717, 1.165) is 4.47 Å². The molecule has 0 saturated carbocycles. The summed E-state index contributed by atoms with van der Waals surface area (Å²) in [6.45, 7) is 1.65. The van der Waals surface area contributed by atoms with Gasteiger partial charge in [0.25, 0.3) is 0 Å². The molecule has 76 valence electrons. The average Bonchev–Trinajstić information content (AvgIpc) is 2.18. The van der Waals surface area contributed by atoms with Gasteiger partial charge in [0.1, 0.15) is 0 Å². The van der Waals surface area contributed by atoms with E-state index in [0.29, 0.717) is 4.90 Å². The Morgan fingerprint density at radius 1 is 1.43 bits per heavy atom. The van der Waals surface area contributed by atoms with E-state index in [4.69, 9.17) is 0 Å². The van der Waals surface area contributed by atoms with Crippen LogP contribution in [0, 0.1) is 0 Å². The number of halogens is 1. The molecule has 0 aliphatic heterocycles. The largest absolute Gasteiger partial charge is 0.360 e. The molecule has 0 spiro atoms. The highest BCUT2D eigenvalue weighted by molar-refractivity contribution is 9.10. The van der Waals surface area contributed by atoms with Crippen molar-refractivity contribution in [1.29, 1.82) is 0 Å². The minimum Gasteiger partial charge on any atom is -0.360 e.